The largest absolute Gasteiger partial charge is 0.388 e. The number of nitrogens with one attached hydrogen (secondary N) is 2. The maximum atomic E-state index is 10.8. The van der Waals surface area contributed by atoms with Crippen molar-refractivity contribution in [3.8, 4) is 0 Å². The second-order valence-electron chi connectivity index (χ2n) is 7.32. The summed E-state index contributed by atoms with van der Waals surface area (Å²) < 4.78 is 0. The van der Waals surface area contributed by atoms with E-state index >= 15 is 0 Å². The van der Waals surface area contributed by atoms with Gasteiger partial charge in [-0.15, -0.1) is 24.0 Å². The van der Waals surface area contributed by atoms with Crippen molar-refractivity contribution in [2.45, 2.75) is 58.6 Å². The van der Waals surface area contributed by atoms with Crippen LogP contribution in [0, 0.1) is 0 Å². The van der Waals surface area contributed by atoms with E-state index in [0.29, 0.717) is 13.1 Å². The Kier molecular flexibility index (Phi) is 11.5. The molecule has 2 rings (SSSR count). The Morgan fingerprint density at radius 2 is 1.79 bits per heavy atom. The van der Waals surface area contributed by atoms with E-state index in [1.54, 1.807) is 0 Å². The molecule has 5 nitrogen and oxygen atoms in total. The predicted molar refractivity (Wildman–Crippen MR) is 131 cm³/mol. The Bertz CT molecular complexity index is 619. The van der Waals surface area contributed by atoms with Crippen LogP contribution in [0.2, 0.25) is 0 Å². The van der Waals surface area contributed by atoms with Crippen LogP contribution in [0.1, 0.15) is 52.0 Å². The summed E-state index contributed by atoms with van der Waals surface area (Å²) in [7, 11) is 0. The van der Waals surface area contributed by atoms with Crippen molar-refractivity contribution in [2.24, 2.45) is 4.99 Å². The van der Waals surface area contributed by atoms with E-state index < -0.39 is 5.60 Å². The molecule has 0 saturated carbocycles. The van der Waals surface area contributed by atoms with Crippen molar-refractivity contribution < 1.29 is 5.11 Å². The zero-order chi connectivity index (χ0) is 19.5. The van der Waals surface area contributed by atoms with Gasteiger partial charge in [-0.25, -0.2) is 4.99 Å². The van der Waals surface area contributed by atoms with Crippen molar-refractivity contribution in [2.75, 3.05) is 31.1 Å². The number of guanidine groups is 1. The average molecular weight is 500 g/mol. The number of halogens is 1. The minimum atomic E-state index is -0.664. The van der Waals surface area contributed by atoms with Gasteiger partial charge in [0, 0.05) is 31.9 Å². The van der Waals surface area contributed by atoms with Crippen LogP contribution in [0.3, 0.4) is 0 Å². The van der Waals surface area contributed by atoms with Crippen LogP contribution in [0.5, 0.6) is 0 Å². The number of anilines is 1. The van der Waals surface area contributed by atoms with E-state index in [2.05, 4.69) is 72.7 Å². The molecule has 0 fully saturated rings. The summed E-state index contributed by atoms with van der Waals surface area (Å²) in [5, 5.41) is 17.4. The van der Waals surface area contributed by atoms with Crippen LogP contribution in [0.4, 0.5) is 5.69 Å². The highest BCUT2D eigenvalue weighted by Gasteiger charge is 2.24. The Morgan fingerprint density at radius 1 is 1.11 bits per heavy atom. The fourth-order valence-electron chi connectivity index (χ4n) is 3.53. The van der Waals surface area contributed by atoms with Crippen LogP contribution in [0.15, 0.2) is 41.4 Å². The van der Waals surface area contributed by atoms with Crippen molar-refractivity contribution in [3.05, 3.63) is 42.0 Å². The first-order chi connectivity index (χ1) is 13.1. The fraction of sp³-hybridized carbons (Fsp3) is 0.591. The topological polar surface area (TPSA) is 59.9 Å². The molecule has 0 bridgehead atoms. The number of rotatable bonds is 10. The van der Waals surface area contributed by atoms with Gasteiger partial charge in [0.1, 0.15) is 0 Å². The molecule has 28 heavy (non-hydrogen) atoms. The lowest BCUT2D eigenvalue weighted by molar-refractivity contribution is 0.0257. The molecule has 1 aromatic carbocycles. The highest BCUT2D eigenvalue weighted by atomic mass is 127. The molecule has 0 radical (unpaired) electrons. The van der Waals surface area contributed by atoms with Crippen molar-refractivity contribution >= 4 is 35.6 Å². The van der Waals surface area contributed by atoms with Crippen LogP contribution in [-0.4, -0.2) is 42.8 Å². The smallest absolute Gasteiger partial charge is 0.191 e. The monoisotopic (exact) mass is 500 g/mol. The summed E-state index contributed by atoms with van der Waals surface area (Å²) in [4.78, 5) is 7.06. The third-order valence-electron chi connectivity index (χ3n) is 4.87. The van der Waals surface area contributed by atoms with Gasteiger partial charge in [0.2, 0.25) is 0 Å². The van der Waals surface area contributed by atoms with Gasteiger partial charge in [0.25, 0.3) is 0 Å². The standard InChI is InChI=1S/C22H36N4O.HI/c1-4-12-22(27,13-5-2)18-25-21(23-6-3)24-17-19-10-9-11-20(16-19)26-14-7-8-15-26;/h7-11,16,27H,4-6,12-15,17-18H2,1-3H3,(H2,23,24,25);1H. The highest BCUT2D eigenvalue weighted by Crippen LogP contribution is 2.20. The van der Waals surface area contributed by atoms with Gasteiger partial charge in [-0.1, -0.05) is 51.0 Å². The lowest BCUT2D eigenvalue weighted by Crippen LogP contribution is -2.47. The minimum absolute atomic E-state index is 0. The normalized spacial score (nSPS) is 14.1. The fourth-order valence-corrected chi connectivity index (χ4v) is 3.53. The van der Waals surface area contributed by atoms with Crippen LogP contribution in [-0.2, 0) is 6.54 Å². The molecule has 1 aliphatic heterocycles. The van der Waals surface area contributed by atoms with Gasteiger partial charge in [-0.3, -0.25) is 0 Å². The summed E-state index contributed by atoms with van der Waals surface area (Å²) in [5.41, 5.74) is 1.77. The first-order valence-electron chi connectivity index (χ1n) is 10.3. The summed E-state index contributed by atoms with van der Waals surface area (Å²) >= 11 is 0. The highest BCUT2D eigenvalue weighted by molar-refractivity contribution is 14.0. The number of benzene rings is 1. The maximum absolute atomic E-state index is 10.8. The third kappa shape index (κ3) is 7.99. The molecule has 158 valence electrons. The lowest BCUT2D eigenvalue weighted by atomic mass is 9.93. The van der Waals surface area contributed by atoms with Gasteiger partial charge in [0.15, 0.2) is 5.96 Å². The summed E-state index contributed by atoms with van der Waals surface area (Å²) in [5.74, 6) is 0.761. The second kappa shape index (κ2) is 13.0. The summed E-state index contributed by atoms with van der Waals surface area (Å²) in [6.07, 6.45) is 7.96. The molecule has 0 amide bonds. The Balaban J connectivity index is 0.00000392. The molecular formula is C22H37IN4O. The Labute approximate surface area is 187 Å². The lowest BCUT2D eigenvalue weighted by Gasteiger charge is -2.28. The van der Waals surface area contributed by atoms with E-state index in [1.165, 1.54) is 11.3 Å². The van der Waals surface area contributed by atoms with Gasteiger partial charge in [-0.05, 0) is 37.5 Å². The number of aliphatic hydroxyl groups is 1. The molecule has 0 unspecified atom stereocenters. The number of hydrogen-bond donors (Lipinski definition) is 3. The van der Waals surface area contributed by atoms with Gasteiger partial charge in [-0.2, -0.15) is 0 Å². The molecule has 0 aliphatic carbocycles. The Hall–Kier alpha value is -1.28. The molecule has 1 aliphatic rings. The van der Waals surface area contributed by atoms with Gasteiger partial charge in [0.05, 0.1) is 12.1 Å². The molecule has 1 aromatic rings. The van der Waals surface area contributed by atoms with Gasteiger partial charge >= 0.3 is 0 Å². The molecular weight excluding hydrogens is 463 g/mol. The molecule has 3 N–H and O–H groups in total. The molecule has 0 saturated heterocycles. The van der Waals surface area contributed by atoms with Crippen LogP contribution < -0.4 is 15.5 Å². The number of nitrogens with zero attached hydrogens (tertiary/aromatic N) is 2. The van der Waals surface area contributed by atoms with Crippen LogP contribution >= 0.6 is 24.0 Å². The molecule has 0 aromatic heterocycles. The van der Waals surface area contributed by atoms with Crippen LogP contribution in [0.25, 0.3) is 0 Å². The zero-order valence-electron chi connectivity index (χ0n) is 17.6. The zero-order valence-corrected chi connectivity index (χ0v) is 19.9. The molecule has 0 atom stereocenters. The van der Waals surface area contributed by atoms with Gasteiger partial charge < -0.3 is 20.6 Å². The van der Waals surface area contributed by atoms with E-state index in [4.69, 9.17) is 4.99 Å². The minimum Gasteiger partial charge on any atom is -0.388 e. The predicted octanol–water partition coefficient (Wildman–Crippen LogP) is 4.07. The second-order valence-corrected chi connectivity index (χ2v) is 7.32. The summed E-state index contributed by atoms with van der Waals surface area (Å²) in [6, 6.07) is 8.58. The molecule has 0 spiro atoms. The maximum Gasteiger partial charge on any atom is 0.191 e. The van der Waals surface area contributed by atoms with E-state index in [9.17, 15) is 5.11 Å². The summed E-state index contributed by atoms with van der Waals surface area (Å²) in [6.45, 7) is 10.2. The number of hydrogen-bond acceptors (Lipinski definition) is 3. The number of aliphatic imine (C=N–C) groups is 1. The molecule has 6 heteroatoms. The Morgan fingerprint density at radius 3 is 2.39 bits per heavy atom. The van der Waals surface area contributed by atoms with E-state index in [1.807, 2.05) is 0 Å². The SMILES string of the molecule is CCCC(O)(CCC)CNC(=NCc1cccc(N2CC=CC2)c1)NCC.I. The molecule has 1 heterocycles. The van der Waals surface area contributed by atoms with Crippen molar-refractivity contribution in [1.29, 1.82) is 0 Å². The first kappa shape index (κ1) is 24.8. The van der Waals surface area contributed by atoms with Crippen molar-refractivity contribution in [3.63, 3.8) is 0 Å². The first-order valence-corrected chi connectivity index (χ1v) is 10.3. The third-order valence-corrected chi connectivity index (χ3v) is 4.87. The average Bonchev–Trinajstić information content (AvgIpc) is 3.19. The van der Waals surface area contributed by atoms with E-state index in [0.717, 1.165) is 51.3 Å². The van der Waals surface area contributed by atoms with E-state index in [-0.39, 0.29) is 24.0 Å². The quantitative estimate of drug-likeness (QED) is 0.196. The van der Waals surface area contributed by atoms with Crippen molar-refractivity contribution in [1.82, 2.24) is 10.6 Å².